The molecule has 0 heterocycles. The molecule has 0 fully saturated rings. The molecule has 19 heavy (non-hydrogen) atoms. The van der Waals surface area contributed by atoms with Crippen LogP contribution in [0, 0.1) is 0 Å². The predicted molar refractivity (Wildman–Crippen MR) is 83.0 cm³/mol. The van der Waals surface area contributed by atoms with Crippen molar-refractivity contribution in [3.8, 4) is 11.5 Å². The minimum atomic E-state index is 0.0750. The van der Waals surface area contributed by atoms with Crippen LogP contribution in [0.25, 0.3) is 0 Å². The predicted octanol–water partition coefficient (Wildman–Crippen LogP) is 4.78. The van der Waals surface area contributed by atoms with Crippen LogP contribution < -0.4 is 10.5 Å². The second-order valence-corrected chi connectivity index (χ2v) is 5.85. The SMILES string of the molecule is CC(N)Cc1ccc(Cl)cc1Oc1cccc(Br)c1. The van der Waals surface area contributed by atoms with Gasteiger partial charge in [-0.1, -0.05) is 39.7 Å². The highest BCUT2D eigenvalue weighted by Gasteiger charge is 2.08. The van der Waals surface area contributed by atoms with Crippen LogP contribution in [0.4, 0.5) is 0 Å². The number of halogens is 2. The van der Waals surface area contributed by atoms with Crippen molar-refractivity contribution >= 4 is 27.5 Å². The van der Waals surface area contributed by atoms with Gasteiger partial charge in [0.2, 0.25) is 0 Å². The molecule has 2 rings (SSSR count). The zero-order valence-electron chi connectivity index (χ0n) is 10.6. The molecule has 2 aromatic carbocycles. The van der Waals surface area contributed by atoms with Crippen molar-refractivity contribution in [2.45, 2.75) is 19.4 Å². The highest BCUT2D eigenvalue weighted by atomic mass is 79.9. The minimum absolute atomic E-state index is 0.0750. The molecule has 1 unspecified atom stereocenters. The topological polar surface area (TPSA) is 35.2 Å². The van der Waals surface area contributed by atoms with E-state index in [1.165, 1.54) is 0 Å². The summed E-state index contributed by atoms with van der Waals surface area (Å²) in [5.41, 5.74) is 6.91. The van der Waals surface area contributed by atoms with E-state index in [1.54, 1.807) is 0 Å². The number of hydrogen-bond acceptors (Lipinski definition) is 2. The van der Waals surface area contributed by atoms with Gasteiger partial charge in [-0.3, -0.25) is 0 Å². The van der Waals surface area contributed by atoms with Gasteiger partial charge >= 0.3 is 0 Å². The number of ether oxygens (including phenoxy) is 1. The summed E-state index contributed by atoms with van der Waals surface area (Å²) in [6, 6.07) is 13.4. The summed E-state index contributed by atoms with van der Waals surface area (Å²) < 4.78 is 6.87. The maximum Gasteiger partial charge on any atom is 0.132 e. The van der Waals surface area contributed by atoms with Crippen molar-refractivity contribution in [3.05, 3.63) is 57.5 Å². The van der Waals surface area contributed by atoms with E-state index in [9.17, 15) is 0 Å². The molecular weight excluding hydrogens is 326 g/mol. The van der Waals surface area contributed by atoms with E-state index in [0.717, 1.165) is 28.0 Å². The molecule has 0 aliphatic heterocycles. The Kier molecular flexibility index (Phi) is 4.86. The first-order chi connectivity index (χ1) is 9.04. The lowest BCUT2D eigenvalue weighted by atomic mass is 10.1. The lowest BCUT2D eigenvalue weighted by Gasteiger charge is -2.13. The van der Waals surface area contributed by atoms with Gasteiger partial charge in [-0.25, -0.2) is 0 Å². The van der Waals surface area contributed by atoms with Crippen molar-refractivity contribution in [1.82, 2.24) is 0 Å². The number of nitrogens with two attached hydrogens (primary N) is 1. The summed E-state index contributed by atoms with van der Waals surface area (Å²) in [4.78, 5) is 0. The Morgan fingerprint density at radius 2 is 2.05 bits per heavy atom. The van der Waals surface area contributed by atoms with Gasteiger partial charge in [-0.05, 0) is 49.2 Å². The van der Waals surface area contributed by atoms with E-state index >= 15 is 0 Å². The fraction of sp³-hybridized carbons (Fsp3) is 0.200. The highest BCUT2D eigenvalue weighted by Crippen LogP contribution is 2.30. The fourth-order valence-corrected chi connectivity index (χ4v) is 2.34. The van der Waals surface area contributed by atoms with Crippen LogP contribution in [0.15, 0.2) is 46.9 Å². The van der Waals surface area contributed by atoms with Crippen LogP contribution in [0.1, 0.15) is 12.5 Å². The quantitative estimate of drug-likeness (QED) is 0.869. The molecule has 2 nitrogen and oxygen atoms in total. The summed E-state index contributed by atoms with van der Waals surface area (Å²) >= 11 is 9.45. The normalized spacial score (nSPS) is 12.2. The molecular formula is C15H15BrClNO. The maximum atomic E-state index is 6.03. The Morgan fingerprint density at radius 3 is 2.74 bits per heavy atom. The lowest BCUT2D eigenvalue weighted by Crippen LogP contribution is -2.18. The van der Waals surface area contributed by atoms with Crippen LogP contribution in [-0.2, 0) is 6.42 Å². The molecule has 2 N–H and O–H groups in total. The molecule has 0 saturated heterocycles. The Hall–Kier alpha value is -1.03. The van der Waals surface area contributed by atoms with E-state index in [4.69, 9.17) is 22.1 Å². The summed E-state index contributed by atoms with van der Waals surface area (Å²) in [6.45, 7) is 1.97. The van der Waals surface area contributed by atoms with E-state index in [2.05, 4.69) is 15.9 Å². The van der Waals surface area contributed by atoms with Gasteiger partial charge < -0.3 is 10.5 Å². The molecule has 0 amide bonds. The summed E-state index contributed by atoms with van der Waals surface area (Å²) in [5, 5.41) is 0.651. The second-order valence-electron chi connectivity index (χ2n) is 4.49. The number of rotatable bonds is 4. The standard InChI is InChI=1S/C15H15BrClNO/c1-10(18)7-11-5-6-13(17)9-15(11)19-14-4-2-3-12(16)8-14/h2-6,8-10H,7,18H2,1H3. The van der Waals surface area contributed by atoms with Crippen molar-refractivity contribution in [3.63, 3.8) is 0 Å². The van der Waals surface area contributed by atoms with E-state index in [-0.39, 0.29) is 6.04 Å². The smallest absolute Gasteiger partial charge is 0.132 e. The number of benzene rings is 2. The van der Waals surface area contributed by atoms with Gasteiger partial charge in [-0.2, -0.15) is 0 Å². The Bertz CT molecular complexity index is 572. The average Bonchev–Trinajstić information content (AvgIpc) is 2.32. The lowest BCUT2D eigenvalue weighted by molar-refractivity contribution is 0.473. The minimum Gasteiger partial charge on any atom is -0.457 e. The zero-order chi connectivity index (χ0) is 13.8. The third-order valence-electron chi connectivity index (χ3n) is 2.59. The van der Waals surface area contributed by atoms with E-state index in [1.807, 2.05) is 49.4 Å². The zero-order valence-corrected chi connectivity index (χ0v) is 12.9. The number of hydrogen-bond donors (Lipinski definition) is 1. The van der Waals surface area contributed by atoms with Gasteiger partial charge in [0.05, 0.1) is 0 Å². The molecule has 0 bridgehead atoms. The molecule has 0 aliphatic rings. The molecule has 100 valence electrons. The van der Waals surface area contributed by atoms with E-state index < -0.39 is 0 Å². The Balaban J connectivity index is 2.30. The highest BCUT2D eigenvalue weighted by molar-refractivity contribution is 9.10. The van der Waals surface area contributed by atoms with Crippen molar-refractivity contribution in [2.75, 3.05) is 0 Å². The second kappa shape index (κ2) is 6.42. The van der Waals surface area contributed by atoms with Crippen molar-refractivity contribution in [1.29, 1.82) is 0 Å². The Labute approximate surface area is 126 Å². The molecule has 2 aromatic rings. The van der Waals surface area contributed by atoms with Crippen LogP contribution >= 0.6 is 27.5 Å². The van der Waals surface area contributed by atoms with Crippen LogP contribution in [0.3, 0.4) is 0 Å². The molecule has 4 heteroatoms. The van der Waals surface area contributed by atoms with Crippen LogP contribution in [0.5, 0.6) is 11.5 Å². The molecule has 0 saturated carbocycles. The van der Waals surface area contributed by atoms with Gasteiger partial charge in [0, 0.05) is 15.5 Å². The van der Waals surface area contributed by atoms with Crippen molar-refractivity contribution < 1.29 is 4.74 Å². The molecule has 0 aromatic heterocycles. The van der Waals surface area contributed by atoms with Gasteiger partial charge in [0.1, 0.15) is 11.5 Å². The van der Waals surface area contributed by atoms with Crippen LogP contribution in [0.2, 0.25) is 5.02 Å². The average molecular weight is 341 g/mol. The Morgan fingerprint density at radius 1 is 1.26 bits per heavy atom. The molecule has 0 radical (unpaired) electrons. The third kappa shape index (κ3) is 4.23. The van der Waals surface area contributed by atoms with Crippen LogP contribution in [-0.4, -0.2) is 6.04 Å². The first kappa shape index (κ1) is 14.4. The van der Waals surface area contributed by atoms with Crippen molar-refractivity contribution in [2.24, 2.45) is 5.73 Å². The third-order valence-corrected chi connectivity index (χ3v) is 3.32. The summed E-state index contributed by atoms with van der Waals surface area (Å²) in [7, 11) is 0. The molecule has 0 spiro atoms. The van der Waals surface area contributed by atoms with E-state index in [0.29, 0.717) is 5.02 Å². The van der Waals surface area contributed by atoms with Gasteiger partial charge in [0.15, 0.2) is 0 Å². The van der Waals surface area contributed by atoms with Gasteiger partial charge in [0.25, 0.3) is 0 Å². The first-order valence-electron chi connectivity index (χ1n) is 6.02. The summed E-state index contributed by atoms with van der Waals surface area (Å²) in [6.07, 6.45) is 0.751. The molecule has 1 atom stereocenters. The first-order valence-corrected chi connectivity index (χ1v) is 7.19. The molecule has 0 aliphatic carbocycles. The maximum absolute atomic E-state index is 6.03. The fourth-order valence-electron chi connectivity index (χ4n) is 1.80. The monoisotopic (exact) mass is 339 g/mol. The summed E-state index contributed by atoms with van der Waals surface area (Å²) in [5.74, 6) is 1.52. The van der Waals surface area contributed by atoms with Gasteiger partial charge in [-0.15, -0.1) is 0 Å². The largest absolute Gasteiger partial charge is 0.457 e.